The molecule has 0 saturated carbocycles. The first-order valence-corrected chi connectivity index (χ1v) is 8.89. The molecule has 0 atom stereocenters. The lowest BCUT2D eigenvalue weighted by atomic mass is 10.00. The van der Waals surface area contributed by atoms with E-state index in [0.29, 0.717) is 19.0 Å². The third-order valence-corrected chi connectivity index (χ3v) is 4.42. The van der Waals surface area contributed by atoms with Crippen molar-refractivity contribution in [3.8, 4) is 0 Å². The highest BCUT2D eigenvalue weighted by atomic mass is 16.2. The molecule has 1 aromatic heterocycles. The van der Waals surface area contributed by atoms with Crippen molar-refractivity contribution < 1.29 is 4.79 Å². The molecule has 0 fully saturated rings. The summed E-state index contributed by atoms with van der Waals surface area (Å²) in [6.07, 6.45) is 6.70. The first kappa shape index (κ1) is 17.3. The van der Waals surface area contributed by atoms with Crippen LogP contribution in [-0.2, 0) is 13.1 Å². The van der Waals surface area contributed by atoms with Crippen LogP contribution < -0.4 is 5.32 Å². The van der Waals surface area contributed by atoms with Gasteiger partial charge >= 0.3 is 6.03 Å². The highest BCUT2D eigenvalue weighted by molar-refractivity contribution is 5.76. The van der Waals surface area contributed by atoms with E-state index in [1.165, 1.54) is 11.1 Å². The first-order valence-electron chi connectivity index (χ1n) is 8.89. The third-order valence-electron chi connectivity index (χ3n) is 4.42. The molecule has 2 heterocycles. The minimum absolute atomic E-state index is 0.0133. The Labute approximate surface area is 149 Å². The predicted octanol–water partition coefficient (Wildman–Crippen LogP) is 3.54. The van der Waals surface area contributed by atoms with E-state index in [4.69, 9.17) is 0 Å². The summed E-state index contributed by atoms with van der Waals surface area (Å²) in [6, 6.07) is 10.4. The Hall–Kier alpha value is -2.56. The standard InChI is InChI=1S/C20H26N4O/c1-16(2)14-24-15-21-12-19(24)13-22-20(25)23-10-8-18(9-11-23)17-6-4-3-5-7-17/h3-8,12,15-16H,9-11,13-14H2,1-2H3,(H,22,25). The molecule has 1 aliphatic rings. The fourth-order valence-electron chi connectivity index (χ4n) is 3.10. The number of rotatable bonds is 5. The molecule has 0 bridgehead atoms. The molecule has 0 radical (unpaired) electrons. The van der Waals surface area contributed by atoms with E-state index in [0.717, 1.165) is 25.2 Å². The van der Waals surface area contributed by atoms with Crippen molar-refractivity contribution in [1.82, 2.24) is 19.8 Å². The van der Waals surface area contributed by atoms with Crippen LogP contribution in [-0.4, -0.2) is 33.6 Å². The van der Waals surface area contributed by atoms with E-state index in [-0.39, 0.29) is 6.03 Å². The van der Waals surface area contributed by atoms with E-state index >= 15 is 0 Å². The smallest absolute Gasteiger partial charge is 0.318 e. The molecule has 0 aliphatic carbocycles. The number of carbonyl (C=O) groups excluding carboxylic acids is 1. The summed E-state index contributed by atoms with van der Waals surface area (Å²) in [4.78, 5) is 18.5. The molecule has 25 heavy (non-hydrogen) atoms. The number of hydrogen-bond donors (Lipinski definition) is 1. The van der Waals surface area contributed by atoms with Gasteiger partial charge in [0.2, 0.25) is 0 Å². The third kappa shape index (κ3) is 4.50. The minimum atomic E-state index is -0.0133. The summed E-state index contributed by atoms with van der Waals surface area (Å²) >= 11 is 0. The molecule has 1 aliphatic heterocycles. The summed E-state index contributed by atoms with van der Waals surface area (Å²) < 4.78 is 2.11. The molecular formula is C20H26N4O. The van der Waals surface area contributed by atoms with Gasteiger partial charge in [0.05, 0.1) is 18.6 Å². The molecule has 3 rings (SSSR count). The molecule has 1 N–H and O–H groups in total. The summed E-state index contributed by atoms with van der Waals surface area (Å²) in [5.74, 6) is 0.548. The Balaban J connectivity index is 1.53. The van der Waals surface area contributed by atoms with E-state index in [1.807, 2.05) is 23.5 Å². The van der Waals surface area contributed by atoms with E-state index in [9.17, 15) is 4.79 Å². The largest absolute Gasteiger partial charge is 0.333 e. The Kier molecular flexibility index (Phi) is 5.53. The number of benzene rings is 1. The average molecular weight is 338 g/mol. The van der Waals surface area contributed by atoms with Crippen LogP contribution in [0.5, 0.6) is 0 Å². The van der Waals surface area contributed by atoms with Crippen molar-refractivity contribution >= 4 is 11.6 Å². The van der Waals surface area contributed by atoms with Gasteiger partial charge in [-0.15, -0.1) is 0 Å². The molecule has 2 amide bonds. The number of carbonyl (C=O) groups is 1. The minimum Gasteiger partial charge on any atom is -0.333 e. The fourth-order valence-corrected chi connectivity index (χ4v) is 3.10. The Morgan fingerprint density at radius 2 is 2.08 bits per heavy atom. The number of nitrogens with one attached hydrogen (secondary N) is 1. The van der Waals surface area contributed by atoms with Crippen LogP contribution in [0.25, 0.3) is 5.57 Å². The van der Waals surface area contributed by atoms with Gasteiger partial charge in [-0.05, 0) is 23.5 Å². The fraction of sp³-hybridized carbons (Fsp3) is 0.400. The van der Waals surface area contributed by atoms with Crippen LogP contribution in [0.4, 0.5) is 4.79 Å². The molecule has 5 heteroatoms. The van der Waals surface area contributed by atoms with Gasteiger partial charge in [0.25, 0.3) is 0 Å². The van der Waals surface area contributed by atoms with Gasteiger partial charge in [0, 0.05) is 25.8 Å². The van der Waals surface area contributed by atoms with Crippen LogP contribution in [0.15, 0.2) is 48.9 Å². The van der Waals surface area contributed by atoms with Crippen LogP contribution in [0.1, 0.15) is 31.5 Å². The molecular weight excluding hydrogens is 312 g/mol. The number of hydrogen-bond acceptors (Lipinski definition) is 2. The average Bonchev–Trinajstić information content (AvgIpc) is 3.07. The molecule has 132 valence electrons. The molecule has 0 unspecified atom stereocenters. The second-order valence-corrected chi connectivity index (χ2v) is 6.88. The number of amides is 2. The second-order valence-electron chi connectivity index (χ2n) is 6.88. The topological polar surface area (TPSA) is 50.2 Å². The molecule has 1 aromatic carbocycles. The number of imidazole rings is 1. The lowest BCUT2D eigenvalue weighted by Crippen LogP contribution is -2.42. The quantitative estimate of drug-likeness (QED) is 0.906. The van der Waals surface area contributed by atoms with E-state index in [1.54, 1.807) is 0 Å². The van der Waals surface area contributed by atoms with Crippen LogP contribution in [0.3, 0.4) is 0 Å². The Bertz CT molecular complexity index is 733. The number of nitrogens with zero attached hydrogens (tertiary/aromatic N) is 3. The zero-order valence-electron chi connectivity index (χ0n) is 15.0. The number of urea groups is 1. The summed E-state index contributed by atoms with van der Waals surface area (Å²) in [7, 11) is 0. The van der Waals surface area contributed by atoms with Gasteiger partial charge in [-0.3, -0.25) is 0 Å². The van der Waals surface area contributed by atoms with Gasteiger partial charge in [0.15, 0.2) is 0 Å². The highest BCUT2D eigenvalue weighted by Gasteiger charge is 2.18. The normalized spacial score (nSPS) is 14.5. The Morgan fingerprint density at radius 1 is 1.28 bits per heavy atom. The van der Waals surface area contributed by atoms with Gasteiger partial charge in [-0.2, -0.15) is 0 Å². The lowest BCUT2D eigenvalue weighted by molar-refractivity contribution is 0.202. The van der Waals surface area contributed by atoms with Crippen molar-refractivity contribution in [3.63, 3.8) is 0 Å². The van der Waals surface area contributed by atoms with Crippen LogP contribution in [0, 0.1) is 5.92 Å². The molecule has 0 saturated heterocycles. The van der Waals surface area contributed by atoms with Crippen molar-refractivity contribution in [3.05, 3.63) is 60.2 Å². The van der Waals surface area contributed by atoms with Crippen molar-refractivity contribution in [2.45, 2.75) is 33.4 Å². The molecule has 2 aromatic rings. The summed E-state index contributed by atoms with van der Waals surface area (Å²) in [5, 5.41) is 3.02. The maximum atomic E-state index is 12.4. The van der Waals surface area contributed by atoms with Crippen molar-refractivity contribution in [2.75, 3.05) is 13.1 Å². The molecule has 0 spiro atoms. The molecule has 5 nitrogen and oxygen atoms in total. The zero-order chi connectivity index (χ0) is 17.6. The monoisotopic (exact) mass is 338 g/mol. The van der Waals surface area contributed by atoms with Gasteiger partial charge < -0.3 is 14.8 Å². The van der Waals surface area contributed by atoms with Gasteiger partial charge in [0.1, 0.15) is 0 Å². The van der Waals surface area contributed by atoms with Crippen molar-refractivity contribution in [1.29, 1.82) is 0 Å². The van der Waals surface area contributed by atoms with Crippen LogP contribution in [0.2, 0.25) is 0 Å². The van der Waals surface area contributed by atoms with Gasteiger partial charge in [-0.25, -0.2) is 9.78 Å². The maximum absolute atomic E-state index is 12.4. The maximum Gasteiger partial charge on any atom is 0.318 e. The summed E-state index contributed by atoms with van der Waals surface area (Å²) in [5.41, 5.74) is 3.61. The van der Waals surface area contributed by atoms with Crippen LogP contribution >= 0.6 is 0 Å². The number of aromatic nitrogens is 2. The zero-order valence-corrected chi connectivity index (χ0v) is 15.0. The Morgan fingerprint density at radius 3 is 2.76 bits per heavy atom. The second kappa shape index (κ2) is 8.01. The summed E-state index contributed by atoms with van der Waals surface area (Å²) in [6.45, 7) is 7.17. The first-order chi connectivity index (χ1) is 12.1. The predicted molar refractivity (Wildman–Crippen MR) is 99.9 cm³/mol. The SMILES string of the molecule is CC(C)Cn1cncc1CNC(=O)N1CC=C(c2ccccc2)CC1. The lowest BCUT2D eigenvalue weighted by Gasteiger charge is -2.27. The van der Waals surface area contributed by atoms with Crippen molar-refractivity contribution in [2.24, 2.45) is 5.92 Å². The van der Waals surface area contributed by atoms with E-state index < -0.39 is 0 Å². The highest BCUT2D eigenvalue weighted by Crippen LogP contribution is 2.21. The van der Waals surface area contributed by atoms with Gasteiger partial charge in [-0.1, -0.05) is 50.3 Å². The van der Waals surface area contributed by atoms with E-state index in [2.05, 4.69) is 59.1 Å².